The molecule has 2 aliphatic carbocycles. The minimum atomic E-state index is -1.28. The summed E-state index contributed by atoms with van der Waals surface area (Å²) in [4.78, 5) is 63.7. The highest BCUT2D eigenvalue weighted by Crippen LogP contribution is 2.65. The lowest BCUT2D eigenvalue weighted by Crippen LogP contribution is -2.64. The minimum Gasteiger partial charge on any atom is -0.472 e. The van der Waals surface area contributed by atoms with Gasteiger partial charge in [0.05, 0.1) is 36.4 Å². The average molecular weight is 555 g/mol. The number of fused-ring (bicyclic) bond motifs is 3. The number of carbonyl (C=O) groups is 4. The van der Waals surface area contributed by atoms with Gasteiger partial charge in [0, 0.05) is 35.7 Å². The molecule has 1 aromatic carbocycles. The van der Waals surface area contributed by atoms with Crippen LogP contribution in [0, 0.1) is 38.7 Å². The Kier molecular flexibility index (Phi) is 6.89. The number of rotatable bonds is 5. The van der Waals surface area contributed by atoms with Crippen LogP contribution in [0.4, 0.5) is 16.2 Å². The van der Waals surface area contributed by atoms with Crippen LogP contribution >= 0.6 is 0 Å². The van der Waals surface area contributed by atoms with Gasteiger partial charge in [-0.15, -0.1) is 0 Å². The van der Waals surface area contributed by atoms with Crippen molar-refractivity contribution >= 4 is 35.2 Å². The van der Waals surface area contributed by atoms with Gasteiger partial charge in [0.25, 0.3) is 5.69 Å². The number of hydrogen-bond acceptors (Lipinski definition) is 10. The number of ether oxygens (including phenoxy) is 3. The number of ketones is 1. The lowest BCUT2D eigenvalue weighted by atomic mass is 9.43. The molecule has 1 aromatic heterocycles. The van der Waals surface area contributed by atoms with E-state index in [1.807, 2.05) is 13.8 Å². The number of nitro benzene ring substituents is 1. The number of nitrogens with one attached hydrogen (secondary N) is 1. The van der Waals surface area contributed by atoms with E-state index in [4.69, 9.17) is 18.6 Å². The molecule has 3 aliphatic rings. The van der Waals surface area contributed by atoms with Crippen LogP contribution in [0.1, 0.15) is 51.2 Å². The minimum absolute atomic E-state index is 0.0669. The molecule has 3 fully saturated rings. The van der Waals surface area contributed by atoms with Crippen molar-refractivity contribution in [1.29, 1.82) is 0 Å². The zero-order valence-corrected chi connectivity index (χ0v) is 22.3. The van der Waals surface area contributed by atoms with E-state index in [-0.39, 0.29) is 23.6 Å². The Morgan fingerprint density at radius 1 is 1.12 bits per heavy atom. The number of anilines is 1. The average Bonchev–Trinajstić information content (AvgIpc) is 3.44. The first kappa shape index (κ1) is 27.4. The van der Waals surface area contributed by atoms with Crippen molar-refractivity contribution in [2.75, 3.05) is 12.4 Å². The zero-order chi connectivity index (χ0) is 28.8. The topological polar surface area (TPSA) is 164 Å². The summed E-state index contributed by atoms with van der Waals surface area (Å²) in [7, 11) is 1.27. The zero-order valence-electron chi connectivity index (χ0n) is 22.3. The summed E-state index contributed by atoms with van der Waals surface area (Å²) in [6.07, 6.45) is 1.23. The molecule has 0 unspecified atom stereocenters. The highest BCUT2D eigenvalue weighted by molar-refractivity contribution is 5.94. The fourth-order valence-electron chi connectivity index (χ4n) is 7.21. The van der Waals surface area contributed by atoms with Gasteiger partial charge in [0.2, 0.25) is 0 Å². The number of cyclic esters (lactones) is 1. The molecular weight excluding hydrogens is 524 g/mol. The number of nitrogens with zero attached hydrogens (tertiary/aromatic N) is 1. The summed E-state index contributed by atoms with van der Waals surface area (Å²) < 4.78 is 21.6. The monoisotopic (exact) mass is 554 g/mol. The molecule has 12 heteroatoms. The van der Waals surface area contributed by atoms with E-state index in [0.717, 1.165) is 0 Å². The maximum Gasteiger partial charge on any atom is 0.412 e. The first-order valence-corrected chi connectivity index (χ1v) is 13.0. The van der Waals surface area contributed by atoms with Crippen LogP contribution in [0.25, 0.3) is 0 Å². The fraction of sp³-hybridized carbons (Fsp3) is 0.500. The van der Waals surface area contributed by atoms with Crippen LogP contribution in [-0.2, 0) is 28.6 Å². The van der Waals surface area contributed by atoms with Crippen molar-refractivity contribution in [2.45, 2.75) is 51.7 Å². The molecule has 1 aliphatic heterocycles. The number of esters is 2. The molecule has 0 bridgehead atoms. The van der Waals surface area contributed by atoms with E-state index in [0.29, 0.717) is 24.8 Å². The Hall–Kier alpha value is -4.22. The lowest BCUT2D eigenvalue weighted by Gasteiger charge is -2.60. The van der Waals surface area contributed by atoms with Gasteiger partial charge in [0.1, 0.15) is 6.10 Å². The van der Waals surface area contributed by atoms with Crippen molar-refractivity contribution in [2.24, 2.45) is 28.6 Å². The molecular formula is C28H30N2O10. The lowest BCUT2D eigenvalue weighted by molar-refractivity contribution is -0.384. The second kappa shape index (κ2) is 10.1. The third-order valence-electron chi connectivity index (χ3n) is 9.08. The first-order chi connectivity index (χ1) is 19.0. The van der Waals surface area contributed by atoms with Crippen molar-refractivity contribution in [1.82, 2.24) is 0 Å². The van der Waals surface area contributed by atoms with Crippen LogP contribution in [0.3, 0.4) is 0 Å². The van der Waals surface area contributed by atoms with Crippen molar-refractivity contribution in [3.05, 3.63) is 58.5 Å². The Morgan fingerprint density at radius 3 is 2.48 bits per heavy atom. The molecule has 1 saturated heterocycles. The summed E-state index contributed by atoms with van der Waals surface area (Å²) in [5.74, 6) is -3.45. The van der Waals surface area contributed by atoms with Crippen molar-refractivity contribution in [3.8, 4) is 0 Å². The SMILES string of the molecule is COC(=O)[C@@H]1C[C@H](OC(=O)Nc2ccc([N+](=O)[O-])cc2)C(=O)[C@H]2[C@@]1(C)CC[C@H]1C(=O)O[C@H](c3ccoc3)C[C@]21C. The summed E-state index contributed by atoms with van der Waals surface area (Å²) in [5.41, 5.74) is -0.992. The summed E-state index contributed by atoms with van der Waals surface area (Å²) >= 11 is 0. The smallest absolute Gasteiger partial charge is 0.412 e. The van der Waals surface area contributed by atoms with E-state index in [1.165, 1.54) is 43.9 Å². The number of methoxy groups -OCH3 is 1. The van der Waals surface area contributed by atoms with Gasteiger partial charge in [-0.2, -0.15) is 0 Å². The van der Waals surface area contributed by atoms with Crippen molar-refractivity contribution in [3.63, 3.8) is 0 Å². The second-order valence-corrected chi connectivity index (χ2v) is 11.3. The fourth-order valence-corrected chi connectivity index (χ4v) is 7.21. The highest BCUT2D eigenvalue weighted by Gasteiger charge is 2.67. The van der Waals surface area contributed by atoms with Gasteiger partial charge in [-0.05, 0) is 48.3 Å². The molecule has 12 nitrogen and oxygen atoms in total. The van der Waals surface area contributed by atoms with Gasteiger partial charge in [-0.1, -0.05) is 13.8 Å². The third-order valence-corrected chi connectivity index (χ3v) is 9.08. The van der Waals surface area contributed by atoms with Crippen LogP contribution in [0.2, 0.25) is 0 Å². The Balaban J connectivity index is 1.45. The van der Waals surface area contributed by atoms with Crippen LogP contribution in [-0.4, -0.2) is 42.0 Å². The Morgan fingerprint density at radius 2 is 1.85 bits per heavy atom. The summed E-state index contributed by atoms with van der Waals surface area (Å²) in [6, 6.07) is 6.83. The Bertz CT molecular complexity index is 1340. The van der Waals surface area contributed by atoms with Crippen LogP contribution in [0.15, 0.2) is 47.3 Å². The van der Waals surface area contributed by atoms with Gasteiger partial charge in [0.15, 0.2) is 11.9 Å². The first-order valence-electron chi connectivity index (χ1n) is 13.0. The second-order valence-electron chi connectivity index (χ2n) is 11.3. The number of carbonyl (C=O) groups excluding carboxylic acids is 4. The van der Waals surface area contributed by atoms with E-state index in [1.54, 1.807) is 6.07 Å². The number of Topliss-reactive ketones (excluding diaryl/α,β-unsaturated/α-hetero) is 1. The maximum absolute atomic E-state index is 14.2. The molecule has 7 atom stereocenters. The number of non-ortho nitro benzene ring substituents is 1. The van der Waals surface area contributed by atoms with E-state index >= 15 is 0 Å². The van der Waals surface area contributed by atoms with E-state index < -0.39 is 63.7 Å². The largest absolute Gasteiger partial charge is 0.472 e. The number of furan rings is 1. The van der Waals surface area contributed by atoms with Gasteiger partial charge in [-0.25, -0.2) is 4.79 Å². The molecule has 2 heterocycles. The molecule has 40 heavy (non-hydrogen) atoms. The molecule has 2 saturated carbocycles. The molecule has 1 N–H and O–H groups in total. The summed E-state index contributed by atoms with van der Waals surface area (Å²) in [6.45, 7) is 3.75. The molecule has 0 radical (unpaired) electrons. The highest BCUT2D eigenvalue weighted by atomic mass is 16.6. The molecule has 212 valence electrons. The van der Waals surface area contributed by atoms with Crippen molar-refractivity contribution < 1.29 is 42.7 Å². The molecule has 1 amide bonds. The van der Waals surface area contributed by atoms with Gasteiger partial charge >= 0.3 is 18.0 Å². The summed E-state index contributed by atoms with van der Waals surface area (Å²) in [5, 5.41) is 13.4. The molecule has 0 spiro atoms. The van der Waals surface area contributed by atoms with Gasteiger partial charge in [-0.3, -0.25) is 29.8 Å². The predicted molar refractivity (Wildman–Crippen MR) is 137 cm³/mol. The van der Waals surface area contributed by atoms with E-state index in [2.05, 4.69) is 5.32 Å². The van der Waals surface area contributed by atoms with Gasteiger partial charge < -0.3 is 18.6 Å². The van der Waals surface area contributed by atoms with Crippen LogP contribution in [0.5, 0.6) is 0 Å². The maximum atomic E-state index is 14.2. The standard InChI is InChI=1S/C28H30N2O10/c1-27-10-8-18-25(33)39-21(15-9-11-38-14-15)13-28(18,2)23(27)22(31)20(12-19(27)24(32)37-3)40-26(34)29-16-4-6-17(7-5-16)30(35)36/h4-7,9,11,14,18-21,23H,8,10,12-13H2,1-3H3,(H,29,34)/t18-,19-,20-,21-,23-,27-,28-/m0/s1. The molecule has 5 rings (SSSR count). The number of hydrogen-bond donors (Lipinski definition) is 1. The Labute approximate surface area is 229 Å². The number of nitro groups is 1. The van der Waals surface area contributed by atoms with Crippen LogP contribution < -0.4 is 5.32 Å². The normalized spacial score (nSPS) is 33.1. The predicted octanol–water partition coefficient (Wildman–Crippen LogP) is 4.59. The number of amides is 1. The number of benzene rings is 1. The van der Waals surface area contributed by atoms with E-state index in [9.17, 15) is 29.3 Å². The molecule has 2 aromatic rings. The third kappa shape index (κ3) is 4.50. The quantitative estimate of drug-likeness (QED) is 0.239.